The van der Waals surface area contributed by atoms with E-state index in [2.05, 4.69) is 20.3 Å². The Bertz CT molecular complexity index is 405. The Morgan fingerprint density at radius 3 is 2.76 bits per heavy atom. The molecule has 8 heteroatoms. The van der Waals surface area contributed by atoms with E-state index >= 15 is 0 Å². The number of aromatic nitrogens is 3. The molecule has 0 fully saturated rings. The van der Waals surface area contributed by atoms with Crippen molar-refractivity contribution < 1.29 is 8.95 Å². The Morgan fingerprint density at radius 2 is 2.18 bits per heavy atom. The van der Waals surface area contributed by atoms with E-state index in [9.17, 15) is 4.21 Å². The van der Waals surface area contributed by atoms with Crippen LogP contribution >= 0.6 is 11.6 Å². The highest BCUT2D eigenvalue weighted by atomic mass is 35.5. The van der Waals surface area contributed by atoms with Crippen molar-refractivity contribution >= 4 is 28.3 Å². The summed E-state index contributed by atoms with van der Waals surface area (Å²) in [4.78, 5) is 11.8. The molecule has 1 rings (SSSR count). The van der Waals surface area contributed by atoms with Gasteiger partial charge in [0.2, 0.25) is 11.2 Å². The number of anilines is 1. The van der Waals surface area contributed by atoms with Crippen molar-refractivity contribution in [2.75, 3.05) is 23.9 Å². The summed E-state index contributed by atoms with van der Waals surface area (Å²) in [6, 6.07) is 0.161. The normalized spacial score (nSPS) is 14.1. The topological polar surface area (TPSA) is 77.0 Å². The van der Waals surface area contributed by atoms with Gasteiger partial charge in [0, 0.05) is 28.9 Å². The van der Waals surface area contributed by atoms with E-state index in [-0.39, 0.29) is 17.3 Å². The third kappa shape index (κ3) is 5.27. The highest BCUT2D eigenvalue weighted by Crippen LogP contribution is 2.12. The number of ether oxygens (including phenoxy) is 1. The van der Waals surface area contributed by atoms with Gasteiger partial charge in [-0.15, -0.1) is 0 Å². The van der Waals surface area contributed by atoms with Gasteiger partial charge in [0.1, 0.15) is 0 Å². The molecule has 1 N–H and O–H groups in total. The van der Waals surface area contributed by atoms with Crippen LogP contribution in [0.25, 0.3) is 0 Å². The fourth-order valence-electron chi connectivity index (χ4n) is 1.20. The lowest BCUT2D eigenvalue weighted by Crippen LogP contribution is -2.23. The van der Waals surface area contributed by atoms with Crippen LogP contribution in [0.15, 0.2) is 0 Å². The van der Waals surface area contributed by atoms with Gasteiger partial charge in [-0.25, -0.2) is 0 Å². The molecule has 0 radical (unpaired) electrons. The maximum absolute atomic E-state index is 11.0. The lowest BCUT2D eigenvalue weighted by atomic mass is 10.4. The van der Waals surface area contributed by atoms with E-state index in [4.69, 9.17) is 16.3 Å². The Balaban J connectivity index is 2.72. The molecule has 2 atom stereocenters. The monoisotopic (exact) mass is 278 g/mol. The van der Waals surface area contributed by atoms with Gasteiger partial charge in [-0.3, -0.25) is 4.21 Å². The third-order valence-electron chi connectivity index (χ3n) is 1.72. The van der Waals surface area contributed by atoms with Gasteiger partial charge < -0.3 is 10.1 Å². The van der Waals surface area contributed by atoms with Gasteiger partial charge in [-0.1, -0.05) is 0 Å². The molecule has 0 aliphatic carbocycles. The number of nitrogens with zero attached hydrogens (tertiary/aromatic N) is 3. The molecule has 0 saturated carbocycles. The van der Waals surface area contributed by atoms with Crippen molar-refractivity contribution in [1.29, 1.82) is 0 Å². The number of nitrogens with one attached hydrogen (secondary N) is 1. The summed E-state index contributed by atoms with van der Waals surface area (Å²) in [5.41, 5.74) is 0. The first-order valence-electron chi connectivity index (χ1n) is 5.12. The molecule has 96 valence electrons. The Kier molecular flexibility index (Phi) is 5.57. The largest absolute Gasteiger partial charge is 0.464 e. The van der Waals surface area contributed by atoms with Gasteiger partial charge in [0.25, 0.3) is 0 Å². The lowest BCUT2D eigenvalue weighted by molar-refractivity contribution is 0.312. The van der Waals surface area contributed by atoms with Crippen molar-refractivity contribution in [3.63, 3.8) is 0 Å². The molecular formula is C9H15ClN4O2S. The van der Waals surface area contributed by atoms with Crippen LogP contribution in [0.4, 0.5) is 5.95 Å². The fraction of sp³-hybridized carbons (Fsp3) is 0.667. The molecule has 6 nitrogen and oxygen atoms in total. The fourth-order valence-corrected chi connectivity index (χ4v) is 2.14. The van der Waals surface area contributed by atoms with Crippen molar-refractivity contribution in [1.82, 2.24) is 15.0 Å². The second-order valence-electron chi connectivity index (χ2n) is 3.43. The molecule has 0 aromatic carbocycles. The smallest absolute Gasteiger partial charge is 0.322 e. The van der Waals surface area contributed by atoms with E-state index < -0.39 is 10.8 Å². The molecule has 0 aliphatic heterocycles. The van der Waals surface area contributed by atoms with Crippen molar-refractivity contribution in [3.8, 4) is 6.01 Å². The van der Waals surface area contributed by atoms with E-state index in [1.807, 2.05) is 13.8 Å². The standard InChI is InChI=1S/C9H15ClN4O2S/c1-4-16-9-13-7(10)12-8(14-9)11-6(2)5-17(3)15/h6H,4-5H2,1-3H3,(H,11,12,13,14). The highest BCUT2D eigenvalue weighted by molar-refractivity contribution is 7.84. The molecule has 2 unspecified atom stereocenters. The van der Waals surface area contributed by atoms with Gasteiger partial charge in [0.15, 0.2) is 0 Å². The quantitative estimate of drug-likeness (QED) is 0.840. The molecule has 1 heterocycles. The molecule has 1 aromatic rings. The molecule has 0 aliphatic rings. The molecule has 1 aromatic heterocycles. The van der Waals surface area contributed by atoms with Crippen molar-refractivity contribution in [3.05, 3.63) is 5.28 Å². The van der Waals surface area contributed by atoms with Crippen LogP contribution in [0.1, 0.15) is 13.8 Å². The van der Waals surface area contributed by atoms with Crippen LogP contribution in [-0.2, 0) is 10.8 Å². The Hall–Kier alpha value is -0.950. The Morgan fingerprint density at radius 1 is 1.47 bits per heavy atom. The number of rotatable bonds is 6. The first kappa shape index (κ1) is 14.1. The van der Waals surface area contributed by atoms with Crippen LogP contribution in [0, 0.1) is 0 Å². The van der Waals surface area contributed by atoms with Gasteiger partial charge in [0.05, 0.1) is 6.61 Å². The van der Waals surface area contributed by atoms with Crippen LogP contribution < -0.4 is 10.1 Å². The minimum atomic E-state index is -0.881. The first-order chi connectivity index (χ1) is 8.01. The average molecular weight is 279 g/mol. The number of hydrogen-bond acceptors (Lipinski definition) is 6. The van der Waals surface area contributed by atoms with E-state index in [0.29, 0.717) is 18.3 Å². The molecular weight excluding hydrogens is 264 g/mol. The van der Waals surface area contributed by atoms with Gasteiger partial charge in [-0.2, -0.15) is 15.0 Å². The Labute approximate surface area is 108 Å². The summed E-state index contributed by atoms with van der Waals surface area (Å²) >= 11 is 5.73. The zero-order valence-electron chi connectivity index (χ0n) is 9.94. The second-order valence-corrected chi connectivity index (χ2v) is 5.25. The van der Waals surface area contributed by atoms with Crippen molar-refractivity contribution in [2.24, 2.45) is 0 Å². The minimum Gasteiger partial charge on any atom is -0.464 e. The van der Waals surface area contributed by atoms with Crippen molar-refractivity contribution in [2.45, 2.75) is 19.9 Å². The number of hydrogen-bond donors (Lipinski definition) is 1. The summed E-state index contributed by atoms with van der Waals surface area (Å²) in [5, 5.41) is 3.06. The highest BCUT2D eigenvalue weighted by Gasteiger charge is 2.09. The summed E-state index contributed by atoms with van der Waals surface area (Å²) in [6.45, 7) is 4.17. The third-order valence-corrected chi connectivity index (χ3v) is 2.86. The summed E-state index contributed by atoms with van der Waals surface area (Å²) in [7, 11) is -0.881. The predicted octanol–water partition coefficient (Wildman–Crippen LogP) is 1.10. The molecule has 0 bridgehead atoms. The van der Waals surface area contributed by atoms with Gasteiger partial charge >= 0.3 is 6.01 Å². The predicted molar refractivity (Wildman–Crippen MR) is 68.0 cm³/mol. The van der Waals surface area contributed by atoms with E-state index in [1.54, 1.807) is 6.26 Å². The van der Waals surface area contributed by atoms with Crippen LogP contribution in [-0.4, -0.2) is 43.8 Å². The first-order valence-corrected chi connectivity index (χ1v) is 7.22. The average Bonchev–Trinajstić information content (AvgIpc) is 2.14. The maximum atomic E-state index is 11.0. The summed E-state index contributed by atoms with van der Waals surface area (Å²) in [6.07, 6.45) is 1.64. The van der Waals surface area contributed by atoms with Crippen LogP contribution in [0.5, 0.6) is 6.01 Å². The molecule has 0 saturated heterocycles. The lowest BCUT2D eigenvalue weighted by Gasteiger charge is -2.12. The van der Waals surface area contributed by atoms with Crippen LogP contribution in [0.3, 0.4) is 0 Å². The van der Waals surface area contributed by atoms with Crippen LogP contribution in [0.2, 0.25) is 5.28 Å². The SMILES string of the molecule is CCOc1nc(Cl)nc(NC(C)CS(C)=O)n1. The summed E-state index contributed by atoms with van der Waals surface area (Å²) in [5.74, 6) is 0.833. The minimum absolute atomic E-state index is 0.0197. The van der Waals surface area contributed by atoms with E-state index in [0.717, 1.165) is 0 Å². The molecule has 17 heavy (non-hydrogen) atoms. The zero-order chi connectivity index (χ0) is 12.8. The summed E-state index contributed by atoms with van der Waals surface area (Å²) < 4.78 is 16.2. The van der Waals surface area contributed by atoms with E-state index in [1.165, 1.54) is 0 Å². The molecule has 0 spiro atoms. The molecule has 0 amide bonds. The zero-order valence-corrected chi connectivity index (χ0v) is 11.5. The van der Waals surface area contributed by atoms with Gasteiger partial charge in [-0.05, 0) is 25.4 Å². The maximum Gasteiger partial charge on any atom is 0.322 e. The number of halogens is 1. The second kappa shape index (κ2) is 6.70.